The number of carboxylic acids is 1. The topological polar surface area (TPSA) is 105 Å². The molecule has 8 heteroatoms. The van der Waals surface area contributed by atoms with Crippen LogP contribution < -0.4 is 15.0 Å². The molecule has 35 heavy (non-hydrogen) atoms. The van der Waals surface area contributed by atoms with Crippen LogP contribution in [0.25, 0.3) is 10.8 Å². The van der Waals surface area contributed by atoms with Crippen LogP contribution in [-0.2, 0) is 6.42 Å². The van der Waals surface area contributed by atoms with Crippen LogP contribution in [0.2, 0.25) is 0 Å². The summed E-state index contributed by atoms with van der Waals surface area (Å²) in [7, 11) is 0. The number of hydrogen-bond donors (Lipinski definition) is 2. The lowest BCUT2D eigenvalue weighted by Gasteiger charge is -2.22. The number of hydrogen-bond acceptors (Lipinski definition) is 6. The second-order valence-electron chi connectivity index (χ2n) is 8.30. The summed E-state index contributed by atoms with van der Waals surface area (Å²) in [6.45, 7) is 4.89. The normalized spacial score (nSPS) is 12.5. The highest BCUT2D eigenvalue weighted by atomic mass is 16.5. The number of carbonyl (C=O) groups is 2. The number of anilines is 3. The van der Waals surface area contributed by atoms with Crippen LogP contribution in [0.4, 0.5) is 17.3 Å². The van der Waals surface area contributed by atoms with Crippen molar-refractivity contribution in [1.29, 1.82) is 0 Å². The van der Waals surface area contributed by atoms with E-state index in [1.165, 1.54) is 0 Å². The van der Waals surface area contributed by atoms with Gasteiger partial charge in [-0.25, -0.2) is 14.8 Å². The molecule has 0 fully saturated rings. The van der Waals surface area contributed by atoms with Crippen LogP contribution in [0.5, 0.6) is 5.75 Å². The molecule has 0 radical (unpaired) electrons. The number of amides is 1. The van der Waals surface area contributed by atoms with Crippen molar-refractivity contribution in [1.82, 2.24) is 9.97 Å². The summed E-state index contributed by atoms with van der Waals surface area (Å²) < 4.78 is 6.02. The first-order valence-corrected chi connectivity index (χ1v) is 11.4. The SMILES string of the molecule is CCN1c2ncc(CCOc3ccc(C(=O)O)c4ccccc34)cc2C(=O)Nc2c(C)ccnc21. The first kappa shape index (κ1) is 22.3. The summed E-state index contributed by atoms with van der Waals surface area (Å²) in [5.74, 6) is 0.663. The van der Waals surface area contributed by atoms with E-state index in [2.05, 4.69) is 15.3 Å². The van der Waals surface area contributed by atoms with E-state index in [9.17, 15) is 14.7 Å². The monoisotopic (exact) mass is 468 g/mol. The Kier molecular flexibility index (Phi) is 5.78. The minimum atomic E-state index is -0.976. The summed E-state index contributed by atoms with van der Waals surface area (Å²) in [5.41, 5.74) is 3.21. The summed E-state index contributed by atoms with van der Waals surface area (Å²) >= 11 is 0. The fourth-order valence-corrected chi connectivity index (χ4v) is 4.37. The molecule has 0 saturated heterocycles. The number of nitrogens with zero attached hydrogens (tertiary/aromatic N) is 3. The van der Waals surface area contributed by atoms with Crippen molar-refractivity contribution in [3.8, 4) is 5.75 Å². The molecule has 0 aliphatic carbocycles. The lowest BCUT2D eigenvalue weighted by molar-refractivity contribution is 0.0698. The quantitative estimate of drug-likeness (QED) is 0.411. The first-order chi connectivity index (χ1) is 17.0. The van der Waals surface area contributed by atoms with Gasteiger partial charge in [0.1, 0.15) is 11.6 Å². The third-order valence-electron chi connectivity index (χ3n) is 6.14. The van der Waals surface area contributed by atoms with Gasteiger partial charge in [-0.05, 0) is 54.6 Å². The molecule has 2 aromatic carbocycles. The van der Waals surface area contributed by atoms with Gasteiger partial charge in [-0.2, -0.15) is 0 Å². The fraction of sp³-hybridized carbons (Fsp3) is 0.185. The van der Waals surface area contributed by atoms with E-state index in [-0.39, 0.29) is 11.5 Å². The van der Waals surface area contributed by atoms with Gasteiger partial charge in [0, 0.05) is 30.7 Å². The minimum absolute atomic E-state index is 0.223. The van der Waals surface area contributed by atoms with Gasteiger partial charge >= 0.3 is 5.97 Å². The number of carboxylic acid groups (broad SMARTS) is 1. The number of pyridine rings is 2. The molecule has 0 unspecified atom stereocenters. The molecule has 0 spiro atoms. The fourth-order valence-electron chi connectivity index (χ4n) is 4.37. The maximum Gasteiger partial charge on any atom is 0.336 e. The molecule has 5 rings (SSSR count). The van der Waals surface area contributed by atoms with Crippen LogP contribution in [0.1, 0.15) is 38.8 Å². The average molecular weight is 469 g/mol. The van der Waals surface area contributed by atoms with Gasteiger partial charge in [0.05, 0.1) is 23.4 Å². The van der Waals surface area contributed by atoms with Crippen molar-refractivity contribution in [3.05, 3.63) is 83.2 Å². The summed E-state index contributed by atoms with van der Waals surface area (Å²) in [6.07, 6.45) is 4.01. The predicted octanol–water partition coefficient (Wildman–Crippen LogP) is 4.98. The summed E-state index contributed by atoms with van der Waals surface area (Å²) in [5, 5.41) is 13.8. The molecule has 0 saturated carbocycles. The molecule has 176 valence electrons. The summed E-state index contributed by atoms with van der Waals surface area (Å²) in [4.78, 5) is 35.7. The first-order valence-electron chi connectivity index (χ1n) is 11.4. The second-order valence-corrected chi connectivity index (χ2v) is 8.30. The Hall–Kier alpha value is -4.46. The van der Waals surface area contributed by atoms with Gasteiger partial charge < -0.3 is 20.1 Å². The molecule has 3 heterocycles. The zero-order valence-corrected chi connectivity index (χ0v) is 19.4. The number of rotatable bonds is 6. The molecule has 1 aliphatic rings. The van der Waals surface area contributed by atoms with Crippen molar-refractivity contribution >= 4 is 40.0 Å². The number of aromatic nitrogens is 2. The van der Waals surface area contributed by atoms with E-state index in [1.807, 2.05) is 43.0 Å². The number of carbonyl (C=O) groups excluding carboxylic acids is 1. The predicted molar refractivity (Wildman–Crippen MR) is 134 cm³/mol. The molecule has 1 aliphatic heterocycles. The van der Waals surface area contributed by atoms with Gasteiger partial charge in [-0.15, -0.1) is 0 Å². The van der Waals surface area contributed by atoms with E-state index in [1.54, 1.807) is 36.7 Å². The van der Waals surface area contributed by atoms with Crippen molar-refractivity contribution in [2.75, 3.05) is 23.4 Å². The maximum atomic E-state index is 13.1. The Morgan fingerprint density at radius 2 is 1.89 bits per heavy atom. The van der Waals surface area contributed by atoms with Crippen molar-refractivity contribution in [3.63, 3.8) is 0 Å². The second kappa shape index (κ2) is 9.06. The van der Waals surface area contributed by atoms with E-state index in [4.69, 9.17) is 4.74 Å². The largest absolute Gasteiger partial charge is 0.493 e. The van der Waals surface area contributed by atoms with Crippen LogP contribution >= 0.6 is 0 Å². The van der Waals surface area contributed by atoms with Crippen molar-refractivity contribution in [2.45, 2.75) is 20.3 Å². The van der Waals surface area contributed by atoms with Gasteiger partial charge in [0.15, 0.2) is 5.82 Å². The molecule has 8 nitrogen and oxygen atoms in total. The Bertz CT molecular complexity index is 1470. The standard InChI is InChI=1S/C27H24N4O4/c1-3-31-24-21(26(32)30-23-16(2)10-12-28-25(23)31)14-17(15-29-24)11-13-35-22-9-8-20(27(33)34)18-6-4-5-7-19(18)22/h4-10,12,14-15H,3,11,13H2,1-2H3,(H,30,32)(H,33,34). The van der Waals surface area contributed by atoms with Crippen LogP contribution in [0, 0.1) is 6.92 Å². The number of benzene rings is 2. The molecule has 2 N–H and O–H groups in total. The highest BCUT2D eigenvalue weighted by Crippen LogP contribution is 2.37. The lowest BCUT2D eigenvalue weighted by Crippen LogP contribution is -2.20. The number of aryl methyl sites for hydroxylation is 1. The molecule has 4 aromatic rings. The number of fused-ring (bicyclic) bond motifs is 3. The Morgan fingerprint density at radius 3 is 2.66 bits per heavy atom. The van der Waals surface area contributed by atoms with Crippen LogP contribution in [0.15, 0.2) is 60.9 Å². The van der Waals surface area contributed by atoms with Gasteiger partial charge in [0.25, 0.3) is 5.91 Å². The van der Waals surface area contributed by atoms with E-state index in [0.717, 1.165) is 16.5 Å². The Balaban J connectivity index is 1.39. The number of ether oxygens (including phenoxy) is 1. The van der Waals surface area contributed by atoms with Crippen LogP contribution in [-0.4, -0.2) is 40.1 Å². The van der Waals surface area contributed by atoms with Gasteiger partial charge in [0.2, 0.25) is 0 Å². The number of nitrogens with one attached hydrogen (secondary N) is 1. The minimum Gasteiger partial charge on any atom is -0.493 e. The maximum absolute atomic E-state index is 13.1. The summed E-state index contributed by atoms with van der Waals surface area (Å²) in [6, 6.07) is 14.2. The molecule has 1 amide bonds. The Morgan fingerprint density at radius 1 is 1.09 bits per heavy atom. The third-order valence-corrected chi connectivity index (χ3v) is 6.14. The lowest BCUT2D eigenvalue weighted by atomic mass is 10.0. The number of aromatic carboxylic acids is 1. The van der Waals surface area contributed by atoms with Crippen molar-refractivity contribution in [2.24, 2.45) is 0 Å². The molecule has 0 atom stereocenters. The van der Waals surface area contributed by atoms with Gasteiger partial charge in [-0.3, -0.25) is 4.79 Å². The van der Waals surface area contributed by atoms with E-state index >= 15 is 0 Å². The molecular weight excluding hydrogens is 444 g/mol. The molecule has 2 aromatic heterocycles. The van der Waals surface area contributed by atoms with Crippen LogP contribution in [0.3, 0.4) is 0 Å². The molecule has 0 bridgehead atoms. The molecular formula is C27H24N4O4. The van der Waals surface area contributed by atoms with E-state index < -0.39 is 5.97 Å². The smallest absolute Gasteiger partial charge is 0.336 e. The highest BCUT2D eigenvalue weighted by molar-refractivity contribution is 6.12. The van der Waals surface area contributed by atoms with E-state index in [0.29, 0.717) is 53.6 Å². The zero-order valence-electron chi connectivity index (χ0n) is 19.4. The Labute approximate surface area is 202 Å². The van der Waals surface area contributed by atoms with Gasteiger partial charge in [-0.1, -0.05) is 24.3 Å². The van der Waals surface area contributed by atoms with Crippen molar-refractivity contribution < 1.29 is 19.4 Å². The average Bonchev–Trinajstić information content (AvgIpc) is 2.98. The highest BCUT2D eigenvalue weighted by Gasteiger charge is 2.27. The zero-order chi connectivity index (χ0) is 24.5. The third kappa shape index (κ3) is 4.03.